The number of rotatable bonds is 5. The molecular formula is C13H18Cl2N2OS. The minimum Gasteiger partial charge on any atom is -0.399 e. The molecule has 0 fully saturated rings. The van der Waals surface area contributed by atoms with Gasteiger partial charge in [0.1, 0.15) is 0 Å². The molecule has 0 aromatic heterocycles. The quantitative estimate of drug-likeness (QED) is 0.795. The molecule has 1 aromatic carbocycles. The highest BCUT2D eigenvalue weighted by atomic mass is 35.5. The largest absolute Gasteiger partial charge is 0.399 e. The van der Waals surface area contributed by atoms with Crippen molar-refractivity contribution in [2.75, 3.05) is 16.8 Å². The van der Waals surface area contributed by atoms with Crippen LogP contribution in [0.4, 0.5) is 11.4 Å². The van der Waals surface area contributed by atoms with Crippen LogP contribution >= 0.6 is 35.0 Å². The Labute approximate surface area is 128 Å². The summed E-state index contributed by atoms with van der Waals surface area (Å²) < 4.78 is 0. The van der Waals surface area contributed by atoms with Gasteiger partial charge in [0.05, 0.1) is 21.0 Å². The van der Waals surface area contributed by atoms with E-state index in [-0.39, 0.29) is 11.2 Å². The van der Waals surface area contributed by atoms with E-state index in [1.165, 1.54) is 0 Å². The highest BCUT2D eigenvalue weighted by Gasteiger charge is 2.17. The van der Waals surface area contributed by atoms with Crippen LogP contribution in [0.25, 0.3) is 0 Å². The molecule has 0 bridgehead atoms. The van der Waals surface area contributed by atoms with Crippen LogP contribution in [0.5, 0.6) is 0 Å². The van der Waals surface area contributed by atoms with Gasteiger partial charge >= 0.3 is 0 Å². The van der Waals surface area contributed by atoms with E-state index in [2.05, 4.69) is 19.2 Å². The van der Waals surface area contributed by atoms with E-state index >= 15 is 0 Å². The number of benzene rings is 1. The SMILES string of the molecule is CC(C)CSC(C)C(=O)Nc1c(Cl)cc(N)cc1Cl. The second kappa shape index (κ2) is 7.27. The first-order valence-electron chi connectivity index (χ1n) is 5.98. The molecule has 3 N–H and O–H groups in total. The third kappa shape index (κ3) is 5.13. The predicted molar refractivity (Wildman–Crippen MR) is 86.3 cm³/mol. The maximum absolute atomic E-state index is 12.0. The zero-order valence-corrected chi connectivity index (χ0v) is 13.5. The Morgan fingerprint density at radius 1 is 1.32 bits per heavy atom. The minimum atomic E-state index is -0.160. The van der Waals surface area contributed by atoms with E-state index in [9.17, 15) is 4.79 Å². The van der Waals surface area contributed by atoms with Crippen molar-refractivity contribution in [3.63, 3.8) is 0 Å². The molecule has 0 saturated carbocycles. The van der Waals surface area contributed by atoms with E-state index < -0.39 is 0 Å². The highest BCUT2D eigenvalue weighted by molar-refractivity contribution is 8.00. The van der Waals surface area contributed by atoms with Crippen molar-refractivity contribution in [1.82, 2.24) is 0 Å². The number of thioether (sulfide) groups is 1. The molecule has 0 aliphatic heterocycles. The number of anilines is 2. The lowest BCUT2D eigenvalue weighted by atomic mass is 10.2. The number of hydrogen-bond acceptors (Lipinski definition) is 3. The molecule has 1 rings (SSSR count). The second-order valence-electron chi connectivity index (χ2n) is 4.72. The molecule has 0 aliphatic carbocycles. The number of halogens is 2. The molecule has 1 amide bonds. The summed E-state index contributed by atoms with van der Waals surface area (Å²) in [6.07, 6.45) is 0. The molecule has 1 aromatic rings. The summed E-state index contributed by atoms with van der Waals surface area (Å²) in [5.41, 5.74) is 6.50. The zero-order valence-electron chi connectivity index (χ0n) is 11.2. The van der Waals surface area contributed by atoms with E-state index in [1.807, 2.05) is 6.92 Å². The molecule has 3 nitrogen and oxygen atoms in total. The van der Waals surface area contributed by atoms with Gasteiger partial charge in [-0.05, 0) is 30.7 Å². The lowest BCUT2D eigenvalue weighted by molar-refractivity contribution is -0.115. The first kappa shape index (κ1) is 16.5. The molecule has 1 atom stereocenters. The van der Waals surface area contributed by atoms with Crippen molar-refractivity contribution in [2.24, 2.45) is 5.92 Å². The molecule has 19 heavy (non-hydrogen) atoms. The van der Waals surface area contributed by atoms with Crippen LogP contribution in [0.3, 0.4) is 0 Å². The molecule has 0 aliphatic rings. The summed E-state index contributed by atoms with van der Waals surface area (Å²) in [7, 11) is 0. The number of hydrogen-bond donors (Lipinski definition) is 2. The number of amides is 1. The Balaban J connectivity index is 2.72. The lowest BCUT2D eigenvalue weighted by Gasteiger charge is -2.15. The standard InChI is InChI=1S/C13H18Cl2N2OS/c1-7(2)6-19-8(3)13(18)17-12-10(14)4-9(16)5-11(12)15/h4-5,7-8H,6,16H2,1-3H3,(H,17,18). The van der Waals surface area contributed by atoms with Gasteiger partial charge in [0.2, 0.25) is 5.91 Å². The van der Waals surface area contributed by atoms with E-state index in [0.29, 0.717) is 27.3 Å². The van der Waals surface area contributed by atoms with Gasteiger partial charge in [-0.3, -0.25) is 4.79 Å². The fourth-order valence-corrected chi connectivity index (χ4v) is 2.83. The second-order valence-corrected chi connectivity index (χ2v) is 6.91. The number of carbonyl (C=O) groups excluding carboxylic acids is 1. The van der Waals surface area contributed by atoms with Crippen LogP contribution in [-0.2, 0) is 4.79 Å². The average Bonchev–Trinajstić information content (AvgIpc) is 2.30. The molecule has 1 unspecified atom stereocenters. The summed E-state index contributed by atoms with van der Waals surface area (Å²) in [5.74, 6) is 1.36. The molecule has 106 valence electrons. The summed E-state index contributed by atoms with van der Waals surface area (Å²) in [5, 5.41) is 3.28. The molecule has 0 heterocycles. The fourth-order valence-electron chi connectivity index (χ4n) is 1.35. The first-order valence-corrected chi connectivity index (χ1v) is 7.78. The maximum Gasteiger partial charge on any atom is 0.237 e. The van der Waals surface area contributed by atoms with Gasteiger partial charge < -0.3 is 11.1 Å². The molecule has 0 spiro atoms. The van der Waals surface area contributed by atoms with Gasteiger partial charge in [-0.2, -0.15) is 0 Å². The van der Waals surface area contributed by atoms with Gasteiger partial charge in [0, 0.05) is 5.69 Å². The normalized spacial score (nSPS) is 12.5. The van der Waals surface area contributed by atoms with Gasteiger partial charge in [-0.25, -0.2) is 0 Å². The van der Waals surface area contributed by atoms with E-state index in [0.717, 1.165) is 5.75 Å². The van der Waals surface area contributed by atoms with Crippen LogP contribution in [-0.4, -0.2) is 16.9 Å². The summed E-state index contributed by atoms with van der Waals surface area (Å²) >= 11 is 13.7. The van der Waals surface area contributed by atoms with Gasteiger partial charge in [0.25, 0.3) is 0 Å². The van der Waals surface area contributed by atoms with Crippen molar-refractivity contribution >= 4 is 52.2 Å². The third-order valence-electron chi connectivity index (χ3n) is 2.36. The number of carbonyl (C=O) groups is 1. The van der Waals surface area contributed by atoms with Crippen LogP contribution in [0.2, 0.25) is 10.0 Å². The van der Waals surface area contributed by atoms with Gasteiger partial charge in [-0.1, -0.05) is 37.0 Å². The van der Waals surface area contributed by atoms with Crippen LogP contribution in [0, 0.1) is 5.92 Å². The van der Waals surface area contributed by atoms with Crippen molar-refractivity contribution in [3.05, 3.63) is 22.2 Å². The van der Waals surface area contributed by atoms with Crippen molar-refractivity contribution in [3.8, 4) is 0 Å². The number of nitrogen functional groups attached to an aromatic ring is 1. The molecule has 0 saturated heterocycles. The fraction of sp³-hybridized carbons (Fsp3) is 0.462. The number of nitrogens with two attached hydrogens (primary N) is 1. The Hall–Kier alpha value is -0.580. The Morgan fingerprint density at radius 2 is 1.84 bits per heavy atom. The predicted octanol–water partition coefficient (Wildman–Crippen LogP) is 4.29. The van der Waals surface area contributed by atoms with Gasteiger partial charge in [-0.15, -0.1) is 11.8 Å². The molecule has 6 heteroatoms. The monoisotopic (exact) mass is 320 g/mol. The topological polar surface area (TPSA) is 55.1 Å². The first-order chi connectivity index (χ1) is 8.81. The van der Waals surface area contributed by atoms with Crippen molar-refractivity contribution in [2.45, 2.75) is 26.0 Å². The van der Waals surface area contributed by atoms with Crippen LogP contribution in [0.1, 0.15) is 20.8 Å². The molecular weight excluding hydrogens is 303 g/mol. The minimum absolute atomic E-state index is 0.112. The maximum atomic E-state index is 12.0. The van der Waals surface area contributed by atoms with Crippen LogP contribution in [0.15, 0.2) is 12.1 Å². The summed E-state index contributed by atoms with van der Waals surface area (Å²) in [4.78, 5) is 12.0. The Kier molecular flexibility index (Phi) is 6.30. The smallest absolute Gasteiger partial charge is 0.237 e. The van der Waals surface area contributed by atoms with Crippen molar-refractivity contribution < 1.29 is 4.79 Å². The lowest BCUT2D eigenvalue weighted by Crippen LogP contribution is -2.23. The molecule has 0 radical (unpaired) electrons. The summed E-state index contributed by atoms with van der Waals surface area (Å²) in [6, 6.07) is 3.13. The van der Waals surface area contributed by atoms with Gasteiger partial charge in [0.15, 0.2) is 0 Å². The van der Waals surface area contributed by atoms with E-state index in [1.54, 1.807) is 23.9 Å². The van der Waals surface area contributed by atoms with E-state index in [4.69, 9.17) is 28.9 Å². The number of nitrogens with one attached hydrogen (secondary N) is 1. The zero-order chi connectivity index (χ0) is 14.6. The third-order valence-corrected chi connectivity index (χ3v) is 4.53. The summed E-state index contributed by atoms with van der Waals surface area (Å²) in [6.45, 7) is 6.10. The average molecular weight is 321 g/mol. The Morgan fingerprint density at radius 3 is 2.32 bits per heavy atom. The van der Waals surface area contributed by atoms with Crippen LogP contribution < -0.4 is 11.1 Å². The van der Waals surface area contributed by atoms with Crippen molar-refractivity contribution in [1.29, 1.82) is 0 Å². The highest BCUT2D eigenvalue weighted by Crippen LogP contribution is 2.33. The Bertz CT molecular complexity index is 443.